The molecule has 1 saturated heterocycles. The van der Waals surface area contributed by atoms with E-state index in [0.717, 1.165) is 12.3 Å². The van der Waals surface area contributed by atoms with Crippen molar-refractivity contribution in [1.29, 1.82) is 0 Å². The van der Waals surface area contributed by atoms with Gasteiger partial charge in [0.2, 0.25) is 0 Å². The van der Waals surface area contributed by atoms with Gasteiger partial charge in [-0.15, -0.1) is 0 Å². The fraction of sp³-hybridized carbons (Fsp3) is 0.538. The molecule has 0 amide bonds. The van der Waals surface area contributed by atoms with Crippen LogP contribution in [-0.4, -0.2) is 18.0 Å². The first-order chi connectivity index (χ1) is 7.42. The lowest BCUT2D eigenvalue weighted by Crippen LogP contribution is -2.30. The minimum atomic E-state index is 0.982. The fourth-order valence-corrected chi connectivity index (χ4v) is 2.37. The SMILES string of the molecule is c1coc(CN2CCC(=C3CC3)CC2)c1. The highest BCUT2D eigenvalue weighted by molar-refractivity contribution is 5.26. The van der Waals surface area contributed by atoms with Crippen molar-refractivity contribution in [2.45, 2.75) is 32.2 Å². The van der Waals surface area contributed by atoms with Crippen molar-refractivity contribution in [3.05, 3.63) is 35.3 Å². The van der Waals surface area contributed by atoms with E-state index in [1.165, 1.54) is 38.8 Å². The highest BCUT2D eigenvalue weighted by atomic mass is 16.3. The third-order valence-electron chi connectivity index (χ3n) is 3.42. The molecule has 0 unspecified atom stereocenters. The molecule has 1 aliphatic carbocycles. The number of piperidine rings is 1. The summed E-state index contributed by atoms with van der Waals surface area (Å²) in [6.07, 6.45) is 7.10. The van der Waals surface area contributed by atoms with Crippen LogP contribution in [0.2, 0.25) is 0 Å². The molecule has 3 rings (SSSR count). The van der Waals surface area contributed by atoms with E-state index >= 15 is 0 Å². The smallest absolute Gasteiger partial charge is 0.117 e. The van der Waals surface area contributed by atoms with Gasteiger partial charge in [0.1, 0.15) is 5.76 Å². The molecule has 1 saturated carbocycles. The number of hydrogen-bond donors (Lipinski definition) is 0. The Hall–Kier alpha value is -1.02. The van der Waals surface area contributed by atoms with Crippen LogP contribution in [0.1, 0.15) is 31.4 Å². The number of rotatable bonds is 2. The lowest BCUT2D eigenvalue weighted by atomic mass is 10.0. The van der Waals surface area contributed by atoms with Gasteiger partial charge in [-0.25, -0.2) is 0 Å². The molecule has 0 N–H and O–H groups in total. The van der Waals surface area contributed by atoms with E-state index in [1.807, 2.05) is 6.07 Å². The van der Waals surface area contributed by atoms with Gasteiger partial charge in [-0.1, -0.05) is 11.1 Å². The van der Waals surface area contributed by atoms with Gasteiger partial charge in [0.15, 0.2) is 0 Å². The summed E-state index contributed by atoms with van der Waals surface area (Å²) in [6.45, 7) is 3.40. The third kappa shape index (κ3) is 2.15. The molecule has 1 aliphatic heterocycles. The summed E-state index contributed by atoms with van der Waals surface area (Å²) in [4.78, 5) is 2.49. The zero-order chi connectivity index (χ0) is 10.1. The maximum Gasteiger partial charge on any atom is 0.117 e. The fourth-order valence-electron chi connectivity index (χ4n) is 2.37. The van der Waals surface area contributed by atoms with Crippen molar-refractivity contribution in [3.63, 3.8) is 0 Å². The number of furan rings is 1. The molecule has 1 aromatic rings. The van der Waals surface area contributed by atoms with Crippen LogP contribution in [0.15, 0.2) is 34.0 Å². The van der Waals surface area contributed by atoms with Crippen molar-refractivity contribution in [2.24, 2.45) is 0 Å². The molecule has 2 aliphatic rings. The van der Waals surface area contributed by atoms with Gasteiger partial charge in [0, 0.05) is 13.1 Å². The first-order valence-corrected chi connectivity index (χ1v) is 5.86. The monoisotopic (exact) mass is 203 g/mol. The molecular formula is C13H17NO. The van der Waals surface area contributed by atoms with Gasteiger partial charge in [-0.05, 0) is 37.8 Å². The Morgan fingerprint density at radius 1 is 1.07 bits per heavy atom. The number of hydrogen-bond acceptors (Lipinski definition) is 2. The Balaban J connectivity index is 1.56. The normalized spacial score (nSPS) is 22.1. The standard InChI is InChI=1S/C13H17NO/c1-2-13(15-9-1)10-14-7-5-12(6-8-14)11-3-4-11/h1-2,9H,3-8,10H2. The summed E-state index contributed by atoms with van der Waals surface area (Å²) in [7, 11) is 0. The second-order valence-corrected chi connectivity index (χ2v) is 4.56. The van der Waals surface area contributed by atoms with Crippen LogP contribution in [0.4, 0.5) is 0 Å². The Labute approximate surface area is 90.6 Å². The van der Waals surface area contributed by atoms with E-state index in [1.54, 1.807) is 17.4 Å². The second kappa shape index (κ2) is 3.86. The number of nitrogens with zero attached hydrogens (tertiary/aromatic N) is 1. The second-order valence-electron chi connectivity index (χ2n) is 4.56. The maximum atomic E-state index is 5.37. The summed E-state index contributed by atoms with van der Waals surface area (Å²) in [5.74, 6) is 1.09. The van der Waals surface area contributed by atoms with Gasteiger partial charge in [0.05, 0.1) is 12.8 Å². The Morgan fingerprint density at radius 3 is 2.40 bits per heavy atom. The van der Waals surface area contributed by atoms with Gasteiger partial charge in [-0.3, -0.25) is 4.90 Å². The summed E-state index contributed by atoms with van der Waals surface area (Å²) in [6, 6.07) is 4.03. The van der Waals surface area contributed by atoms with Crippen LogP contribution >= 0.6 is 0 Å². The van der Waals surface area contributed by atoms with Crippen LogP contribution in [0.3, 0.4) is 0 Å². The molecule has 15 heavy (non-hydrogen) atoms. The van der Waals surface area contributed by atoms with Gasteiger partial charge in [0.25, 0.3) is 0 Å². The van der Waals surface area contributed by atoms with Crippen molar-refractivity contribution in [2.75, 3.05) is 13.1 Å². The van der Waals surface area contributed by atoms with Crippen molar-refractivity contribution in [3.8, 4) is 0 Å². The zero-order valence-corrected chi connectivity index (χ0v) is 9.04. The minimum absolute atomic E-state index is 0.982. The third-order valence-corrected chi connectivity index (χ3v) is 3.42. The lowest BCUT2D eigenvalue weighted by Gasteiger charge is -2.27. The van der Waals surface area contributed by atoms with E-state index in [-0.39, 0.29) is 0 Å². The Bertz CT molecular complexity index is 348. The van der Waals surface area contributed by atoms with Gasteiger partial charge in [-0.2, -0.15) is 0 Å². The van der Waals surface area contributed by atoms with E-state index in [4.69, 9.17) is 4.42 Å². The maximum absolute atomic E-state index is 5.37. The molecule has 0 aromatic carbocycles. The average Bonchev–Trinajstić information content (AvgIpc) is 2.99. The van der Waals surface area contributed by atoms with Gasteiger partial charge < -0.3 is 4.42 Å². The quantitative estimate of drug-likeness (QED) is 0.687. The number of allylic oxidation sites excluding steroid dienone is 1. The minimum Gasteiger partial charge on any atom is -0.468 e. The highest BCUT2D eigenvalue weighted by Crippen LogP contribution is 2.36. The Morgan fingerprint density at radius 2 is 1.80 bits per heavy atom. The van der Waals surface area contributed by atoms with Gasteiger partial charge >= 0.3 is 0 Å². The highest BCUT2D eigenvalue weighted by Gasteiger charge is 2.22. The predicted molar refractivity (Wildman–Crippen MR) is 59.5 cm³/mol. The van der Waals surface area contributed by atoms with Crippen molar-refractivity contribution >= 4 is 0 Å². The molecule has 0 atom stereocenters. The first-order valence-electron chi connectivity index (χ1n) is 5.86. The van der Waals surface area contributed by atoms with Crippen LogP contribution in [0.25, 0.3) is 0 Å². The average molecular weight is 203 g/mol. The number of likely N-dealkylation sites (tertiary alicyclic amines) is 1. The first kappa shape index (κ1) is 9.22. The molecule has 2 fully saturated rings. The Kier molecular flexibility index (Phi) is 2.37. The molecule has 2 heterocycles. The van der Waals surface area contributed by atoms with Crippen LogP contribution in [-0.2, 0) is 6.54 Å². The van der Waals surface area contributed by atoms with Crippen molar-refractivity contribution in [1.82, 2.24) is 4.90 Å². The molecule has 2 nitrogen and oxygen atoms in total. The van der Waals surface area contributed by atoms with E-state index < -0.39 is 0 Å². The van der Waals surface area contributed by atoms with Crippen molar-refractivity contribution < 1.29 is 4.42 Å². The molecule has 80 valence electrons. The molecular weight excluding hydrogens is 186 g/mol. The van der Waals surface area contributed by atoms with E-state index in [9.17, 15) is 0 Å². The lowest BCUT2D eigenvalue weighted by molar-refractivity contribution is 0.228. The summed E-state index contributed by atoms with van der Waals surface area (Å²) in [5, 5.41) is 0. The summed E-state index contributed by atoms with van der Waals surface area (Å²) >= 11 is 0. The zero-order valence-electron chi connectivity index (χ0n) is 9.04. The predicted octanol–water partition coefficient (Wildman–Crippen LogP) is 2.97. The molecule has 1 aromatic heterocycles. The molecule has 0 bridgehead atoms. The van der Waals surface area contributed by atoms with Crippen LogP contribution < -0.4 is 0 Å². The topological polar surface area (TPSA) is 16.4 Å². The largest absolute Gasteiger partial charge is 0.468 e. The van der Waals surface area contributed by atoms with Crippen LogP contribution in [0.5, 0.6) is 0 Å². The molecule has 0 radical (unpaired) electrons. The summed E-state index contributed by atoms with van der Waals surface area (Å²) < 4.78 is 5.37. The van der Waals surface area contributed by atoms with E-state index in [2.05, 4.69) is 11.0 Å². The van der Waals surface area contributed by atoms with Crippen LogP contribution in [0, 0.1) is 0 Å². The molecule has 2 heteroatoms. The van der Waals surface area contributed by atoms with E-state index in [0.29, 0.717) is 0 Å². The summed E-state index contributed by atoms with van der Waals surface area (Å²) in [5.41, 5.74) is 3.51. The molecule has 0 spiro atoms.